The van der Waals surface area contributed by atoms with Crippen molar-refractivity contribution in [1.29, 1.82) is 0 Å². The minimum atomic E-state index is -0.636. The van der Waals surface area contributed by atoms with Crippen LogP contribution in [0.5, 0.6) is 0 Å². The number of hydrogen-bond acceptors (Lipinski definition) is 4. The Morgan fingerprint density at radius 1 is 1.38 bits per heavy atom. The second-order valence-electron chi connectivity index (χ2n) is 5.35. The fourth-order valence-electron chi connectivity index (χ4n) is 2.69. The Kier molecular flexibility index (Phi) is 3.29. The number of rotatable bonds is 2. The van der Waals surface area contributed by atoms with Crippen LogP contribution in [0, 0.1) is 17.0 Å². The van der Waals surface area contributed by atoms with Gasteiger partial charge in [0.05, 0.1) is 4.92 Å². The minimum Gasteiger partial charge on any atom is -0.262 e. The lowest BCUT2D eigenvalue weighted by Gasteiger charge is -2.04. The summed E-state index contributed by atoms with van der Waals surface area (Å²) < 4.78 is 1.22. The fraction of sp³-hybridized carbons (Fsp3) is 0.333. The SMILES string of the molecule is Cc1ccn2c(=O)c([N+](=O)[O-])c(C=C3CCCC3)nc2c1. The van der Waals surface area contributed by atoms with E-state index in [9.17, 15) is 14.9 Å². The molecule has 0 unspecified atom stereocenters. The summed E-state index contributed by atoms with van der Waals surface area (Å²) in [6.45, 7) is 1.89. The summed E-state index contributed by atoms with van der Waals surface area (Å²) in [5, 5.41) is 11.2. The van der Waals surface area contributed by atoms with E-state index in [-0.39, 0.29) is 5.69 Å². The molecule has 0 spiro atoms. The normalized spacial score (nSPS) is 14.6. The van der Waals surface area contributed by atoms with Crippen LogP contribution < -0.4 is 5.56 Å². The molecule has 1 aliphatic carbocycles. The van der Waals surface area contributed by atoms with Crippen LogP contribution in [-0.4, -0.2) is 14.3 Å². The van der Waals surface area contributed by atoms with Crippen LogP contribution in [0.15, 0.2) is 28.7 Å². The summed E-state index contributed by atoms with van der Waals surface area (Å²) in [5.74, 6) is 0. The molecule has 0 amide bonds. The number of nitrogens with zero attached hydrogens (tertiary/aromatic N) is 3. The van der Waals surface area contributed by atoms with Crippen LogP contribution in [0.25, 0.3) is 11.7 Å². The summed E-state index contributed by atoms with van der Waals surface area (Å²) in [6.07, 6.45) is 7.27. The molecule has 21 heavy (non-hydrogen) atoms. The molecule has 6 heteroatoms. The topological polar surface area (TPSA) is 77.5 Å². The predicted octanol–water partition coefficient (Wildman–Crippen LogP) is 2.87. The Morgan fingerprint density at radius 3 is 2.76 bits per heavy atom. The molecule has 1 fully saturated rings. The summed E-state index contributed by atoms with van der Waals surface area (Å²) in [5.41, 5.74) is 1.62. The van der Waals surface area contributed by atoms with Crippen LogP contribution >= 0.6 is 0 Å². The van der Waals surface area contributed by atoms with Gasteiger partial charge in [0.25, 0.3) is 0 Å². The quantitative estimate of drug-likeness (QED) is 0.628. The Bertz CT molecular complexity index is 813. The molecule has 1 aliphatic rings. The maximum atomic E-state index is 12.3. The van der Waals surface area contributed by atoms with E-state index in [0.29, 0.717) is 5.65 Å². The van der Waals surface area contributed by atoms with Crippen molar-refractivity contribution in [2.75, 3.05) is 0 Å². The Morgan fingerprint density at radius 2 is 2.10 bits per heavy atom. The predicted molar refractivity (Wildman–Crippen MR) is 79.3 cm³/mol. The highest BCUT2D eigenvalue weighted by molar-refractivity contribution is 5.62. The summed E-state index contributed by atoms with van der Waals surface area (Å²) in [7, 11) is 0. The van der Waals surface area contributed by atoms with E-state index in [2.05, 4.69) is 4.98 Å². The molecule has 0 radical (unpaired) electrons. The molecule has 0 aliphatic heterocycles. The van der Waals surface area contributed by atoms with E-state index < -0.39 is 16.2 Å². The minimum absolute atomic E-state index is 0.174. The third-order valence-corrected chi connectivity index (χ3v) is 3.76. The third kappa shape index (κ3) is 2.44. The van der Waals surface area contributed by atoms with E-state index in [4.69, 9.17) is 0 Å². The first kappa shape index (κ1) is 13.5. The molecular weight excluding hydrogens is 270 g/mol. The van der Waals surface area contributed by atoms with Crippen molar-refractivity contribution in [3.8, 4) is 0 Å². The van der Waals surface area contributed by atoms with Crippen molar-refractivity contribution in [2.45, 2.75) is 32.6 Å². The van der Waals surface area contributed by atoms with Gasteiger partial charge in [-0.1, -0.05) is 5.57 Å². The smallest absolute Gasteiger partial charge is 0.262 e. The van der Waals surface area contributed by atoms with E-state index in [1.807, 2.05) is 6.92 Å². The van der Waals surface area contributed by atoms with Crippen LogP contribution in [0.4, 0.5) is 5.69 Å². The van der Waals surface area contributed by atoms with Gasteiger partial charge in [0.15, 0.2) is 0 Å². The zero-order valence-electron chi connectivity index (χ0n) is 11.7. The van der Waals surface area contributed by atoms with Crippen molar-refractivity contribution in [2.24, 2.45) is 0 Å². The number of pyridine rings is 1. The molecule has 0 saturated heterocycles. The Labute approximate surface area is 120 Å². The van der Waals surface area contributed by atoms with Crippen molar-refractivity contribution in [3.63, 3.8) is 0 Å². The van der Waals surface area contributed by atoms with Crippen LogP contribution in [0.2, 0.25) is 0 Å². The first-order valence-electron chi connectivity index (χ1n) is 6.93. The molecular formula is C15H15N3O3. The number of fused-ring (bicyclic) bond motifs is 1. The zero-order chi connectivity index (χ0) is 15.0. The number of allylic oxidation sites excluding steroid dienone is 1. The molecule has 1 saturated carbocycles. The zero-order valence-corrected chi connectivity index (χ0v) is 11.7. The summed E-state index contributed by atoms with van der Waals surface area (Å²) in [6, 6.07) is 3.48. The lowest BCUT2D eigenvalue weighted by atomic mass is 10.1. The maximum absolute atomic E-state index is 12.3. The molecule has 0 atom stereocenters. The van der Waals surface area contributed by atoms with Crippen LogP contribution in [-0.2, 0) is 0 Å². The standard InChI is InChI=1S/C15H15N3O3/c1-10-6-7-17-13(8-10)16-12(9-11-4-2-3-5-11)14(15(17)19)18(20)21/h6-9H,2-5H2,1H3. The third-order valence-electron chi connectivity index (χ3n) is 3.76. The lowest BCUT2D eigenvalue weighted by Crippen LogP contribution is -2.20. The largest absolute Gasteiger partial charge is 0.359 e. The number of aryl methyl sites for hydroxylation is 1. The van der Waals surface area contributed by atoms with Crippen molar-refractivity contribution in [3.05, 3.63) is 55.6 Å². The van der Waals surface area contributed by atoms with Crippen LogP contribution in [0.1, 0.15) is 36.9 Å². The fourth-order valence-corrected chi connectivity index (χ4v) is 2.69. The molecule has 2 aromatic rings. The van der Waals surface area contributed by atoms with E-state index in [1.165, 1.54) is 10.6 Å². The van der Waals surface area contributed by atoms with E-state index >= 15 is 0 Å². The molecule has 0 N–H and O–H groups in total. The summed E-state index contributed by atoms with van der Waals surface area (Å²) >= 11 is 0. The lowest BCUT2D eigenvalue weighted by molar-refractivity contribution is -0.386. The highest BCUT2D eigenvalue weighted by Crippen LogP contribution is 2.27. The second-order valence-corrected chi connectivity index (χ2v) is 5.35. The molecule has 2 heterocycles. The summed E-state index contributed by atoms with van der Waals surface area (Å²) in [4.78, 5) is 27.3. The highest BCUT2D eigenvalue weighted by Gasteiger charge is 2.22. The van der Waals surface area contributed by atoms with Gasteiger partial charge in [0.1, 0.15) is 11.3 Å². The van der Waals surface area contributed by atoms with E-state index in [0.717, 1.165) is 36.8 Å². The van der Waals surface area contributed by atoms with Gasteiger partial charge in [0, 0.05) is 6.20 Å². The molecule has 3 rings (SSSR count). The van der Waals surface area contributed by atoms with Crippen molar-refractivity contribution in [1.82, 2.24) is 9.38 Å². The van der Waals surface area contributed by atoms with Gasteiger partial charge < -0.3 is 0 Å². The molecule has 0 aromatic carbocycles. The van der Waals surface area contributed by atoms with Gasteiger partial charge in [-0.2, -0.15) is 0 Å². The first-order valence-corrected chi connectivity index (χ1v) is 6.93. The van der Waals surface area contributed by atoms with Crippen molar-refractivity contribution >= 4 is 17.4 Å². The van der Waals surface area contributed by atoms with Gasteiger partial charge >= 0.3 is 11.2 Å². The average Bonchev–Trinajstić information content (AvgIpc) is 2.90. The van der Waals surface area contributed by atoms with Crippen LogP contribution in [0.3, 0.4) is 0 Å². The van der Waals surface area contributed by atoms with Gasteiger partial charge in [0.2, 0.25) is 0 Å². The Balaban J connectivity index is 2.30. The monoisotopic (exact) mass is 285 g/mol. The Hall–Kier alpha value is -2.50. The second kappa shape index (κ2) is 5.12. The van der Waals surface area contributed by atoms with Gasteiger partial charge in [-0.05, 0) is 56.4 Å². The number of nitro groups is 1. The first-order chi connectivity index (χ1) is 10.1. The molecule has 108 valence electrons. The highest BCUT2D eigenvalue weighted by atomic mass is 16.6. The van der Waals surface area contributed by atoms with Crippen molar-refractivity contribution < 1.29 is 4.92 Å². The molecule has 6 nitrogen and oxygen atoms in total. The number of aromatic nitrogens is 2. The van der Waals surface area contributed by atoms with Gasteiger partial charge in [-0.3, -0.25) is 19.3 Å². The maximum Gasteiger partial charge on any atom is 0.359 e. The average molecular weight is 285 g/mol. The van der Waals surface area contributed by atoms with E-state index in [1.54, 1.807) is 18.2 Å². The molecule has 0 bridgehead atoms. The van der Waals surface area contributed by atoms with Gasteiger partial charge in [-0.25, -0.2) is 4.98 Å². The number of hydrogen-bond donors (Lipinski definition) is 0. The van der Waals surface area contributed by atoms with Gasteiger partial charge in [-0.15, -0.1) is 0 Å². The molecule has 2 aromatic heterocycles.